The number of halogens is 3. The Morgan fingerprint density at radius 2 is 2.00 bits per heavy atom. The minimum Gasteiger partial charge on any atom is -0.448 e. The van der Waals surface area contributed by atoms with Crippen molar-refractivity contribution in [3.05, 3.63) is 0 Å². The first-order chi connectivity index (χ1) is 4.06. The second kappa shape index (κ2) is 3.41. The van der Waals surface area contributed by atoms with Crippen LogP contribution in [0.2, 0.25) is 0 Å². The van der Waals surface area contributed by atoms with Gasteiger partial charge in [-0.25, -0.2) is 0 Å². The van der Waals surface area contributed by atoms with Gasteiger partial charge in [0.25, 0.3) is 0 Å². The van der Waals surface area contributed by atoms with E-state index in [2.05, 4.69) is 6.42 Å². The lowest BCUT2D eigenvalue weighted by molar-refractivity contribution is 0.460. The van der Waals surface area contributed by atoms with Crippen molar-refractivity contribution in [1.29, 1.82) is 0 Å². The molecule has 0 aliphatic heterocycles. The number of nitrogens with one attached hydrogen (secondary N) is 1. The van der Waals surface area contributed by atoms with E-state index in [-0.39, 0.29) is 6.54 Å². The average molecular weight is 136 g/mol. The molecule has 0 bridgehead atoms. The molecule has 0 saturated carbocycles. The van der Waals surface area contributed by atoms with Crippen molar-refractivity contribution >= 4 is 6.98 Å². The third-order valence-corrected chi connectivity index (χ3v) is 0.603. The van der Waals surface area contributed by atoms with E-state index in [4.69, 9.17) is 0 Å². The van der Waals surface area contributed by atoms with Crippen LogP contribution in [0.1, 0.15) is 0 Å². The molecular formula is C4H6BF3N-. The molecule has 52 valence electrons. The molecule has 0 saturated heterocycles. The summed E-state index contributed by atoms with van der Waals surface area (Å²) in [6.07, 6.45) is 3.73. The fraction of sp³-hybridized carbons (Fsp3) is 0.500. The molecule has 0 aliphatic rings. The molecule has 0 fully saturated rings. The zero-order valence-electron chi connectivity index (χ0n) is 4.70. The van der Waals surface area contributed by atoms with Gasteiger partial charge in [0.15, 0.2) is 0 Å². The van der Waals surface area contributed by atoms with E-state index in [9.17, 15) is 12.9 Å². The van der Waals surface area contributed by atoms with Crippen LogP contribution >= 0.6 is 0 Å². The van der Waals surface area contributed by atoms with Gasteiger partial charge in [-0.2, -0.15) is 0 Å². The first kappa shape index (κ1) is 8.37. The lowest BCUT2D eigenvalue weighted by Gasteiger charge is -2.12. The average Bonchev–Trinajstić information content (AvgIpc) is 1.63. The van der Waals surface area contributed by atoms with Crippen LogP contribution in [0, 0.1) is 12.3 Å². The predicted octanol–water partition coefficient (Wildman–Crippen LogP) is 0.596. The normalized spacial score (nSPS) is 10.9. The quantitative estimate of drug-likeness (QED) is 0.340. The highest BCUT2D eigenvalue weighted by Gasteiger charge is 2.21. The van der Waals surface area contributed by atoms with E-state index < -0.39 is 13.4 Å². The summed E-state index contributed by atoms with van der Waals surface area (Å²) in [5.41, 5.74) is 0. The molecule has 0 heterocycles. The first-order valence-electron chi connectivity index (χ1n) is 2.41. The Morgan fingerprint density at radius 3 is 2.33 bits per heavy atom. The molecule has 0 aromatic carbocycles. The maximum Gasteiger partial charge on any atom is 0.491 e. The third kappa shape index (κ3) is 7.37. The molecule has 0 radical (unpaired) electrons. The predicted molar refractivity (Wildman–Crippen MR) is 30.8 cm³/mol. The largest absolute Gasteiger partial charge is 0.491 e. The van der Waals surface area contributed by atoms with Crippen molar-refractivity contribution in [2.45, 2.75) is 0 Å². The van der Waals surface area contributed by atoms with Gasteiger partial charge in [-0.3, -0.25) is 0 Å². The lowest BCUT2D eigenvalue weighted by atomic mass is 9.93. The number of hydrogen-bond acceptors (Lipinski definition) is 1. The molecule has 0 spiro atoms. The van der Waals surface area contributed by atoms with Crippen LogP contribution in [-0.4, -0.2) is 20.0 Å². The smallest absolute Gasteiger partial charge is 0.448 e. The van der Waals surface area contributed by atoms with Crippen molar-refractivity contribution in [2.24, 2.45) is 0 Å². The molecule has 0 aromatic heterocycles. The Bertz CT molecular complexity index is 114. The van der Waals surface area contributed by atoms with E-state index in [0.717, 1.165) is 0 Å². The zero-order chi connectivity index (χ0) is 7.33. The minimum atomic E-state index is -4.72. The summed E-state index contributed by atoms with van der Waals surface area (Å²) in [6.45, 7) is -4.74. The summed E-state index contributed by atoms with van der Waals surface area (Å²) in [7, 11) is 0. The maximum absolute atomic E-state index is 11.3. The molecule has 5 heteroatoms. The summed E-state index contributed by atoms with van der Waals surface area (Å²) >= 11 is 0. The molecule has 0 rings (SSSR count). The Labute approximate surface area is 51.7 Å². The van der Waals surface area contributed by atoms with E-state index in [0.29, 0.717) is 0 Å². The Kier molecular flexibility index (Phi) is 3.17. The maximum atomic E-state index is 11.3. The van der Waals surface area contributed by atoms with E-state index in [1.54, 1.807) is 0 Å². The summed E-state index contributed by atoms with van der Waals surface area (Å²) in [6, 6.07) is 0. The second-order valence-electron chi connectivity index (χ2n) is 1.55. The molecule has 1 nitrogen and oxygen atoms in total. The second-order valence-corrected chi connectivity index (χ2v) is 1.55. The van der Waals surface area contributed by atoms with Gasteiger partial charge in [-0.1, -0.05) is 5.92 Å². The molecule has 0 aromatic rings. The highest BCUT2D eigenvalue weighted by molar-refractivity contribution is 6.58. The van der Waals surface area contributed by atoms with Gasteiger partial charge in [0, 0.05) is 0 Å². The van der Waals surface area contributed by atoms with E-state index >= 15 is 0 Å². The molecule has 0 atom stereocenters. The van der Waals surface area contributed by atoms with Gasteiger partial charge in [0.1, 0.15) is 0 Å². The Balaban J connectivity index is 3.20. The van der Waals surface area contributed by atoms with Crippen molar-refractivity contribution < 1.29 is 12.9 Å². The van der Waals surface area contributed by atoms with Gasteiger partial charge in [0.2, 0.25) is 0 Å². The SMILES string of the molecule is C#CCNC[B-](F)(F)F. The molecular weight excluding hydrogens is 130 g/mol. The van der Waals surface area contributed by atoms with Crippen molar-refractivity contribution in [2.75, 3.05) is 13.0 Å². The summed E-state index contributed by atoms with van der Waals surface area (Å²) in [4.78, 5) is 0. The van der Waals surface area contributed by atoms with Gasteiger partial charge in [-0.05, 0) is 6.44 Å². The number of rotatable bonds is 3. The van der Waals surface area contributed by atoms with E-state index in [1.807, 2.05) is 11.2 Å². The minimum absolute atomic E-state index is 0.0265. The van der Waals surface area contributed by atoms with Gasteiger partial charge >= 0.3 is 6.98 Å². The van der Waals surface area contributed by atoms with Crippen LogP contribution in [-0.2, 0) is 0 Å². The highest BCUT2D eigenvalue weighted by atomic mass is 19.4. The lowest BCUT2D eigenvalue weighted by Crippen LogP contribution is -2.33. The fourth-order valence-electron chi connectivity index (χ4n) is 0.308. The van der Waals surface area contributed by atoms with Gasteiger partial charge < -0.3 is 18.3 Å². The van der Waals surface area contributed by atoms with Gasteiger partial charge in [0.05, 0.1) is 6.54 Å². The van der Waals surface area contributed by atoms with Gasteiger partial charge in [-0.15, -0.1) is 6.42 Å². The zero-order valence-corrected chi connectivity index (χ0v) is 4.70. The topological polar surface area (TPSA) is 12.0 Å². The highest BCUT2D eigenvalue weighted by Crippen LogP contribution is 2.04. The molecule has 1 N–H and O–H groups in total. The van der Waals surface area contributed by atoms with Crippen LogP contribution < -0.4 is 5.32 Å². The molecule has 0 aliphatic carbocycles. The van der Waals surface area contributed by atoms with Crippen LogP contribution in [0.5, 0.6) is 0 Å². The number of terminal acetylenes is 1. The summed E-state index contributed by atoms with van der Waals surface area (Å²) in [5.74, 6) is 2.04. The van der Waals surface area contributed by atoms with Crippen molar-refractivity contribution in [1.82, 2.24) is 5.32 Å². The van der Waals surface area contributed by atoms with Crippen molar-refractivity contribution in [3.8, 4) is 12.3 Å². The Hall–Kier alpha value is -0.625. The number of hydrogen-bond donors (Lipinski definition) is 1. The van der Waals surface area contributed by atoms with E-state index in [1.165, 1.54) is 0 Å². The van der Waals surface area contributed by atoms with Crippen LogP contribution in [0.4, 0.5) is 12.9 Å². The van der Waals surface area contributed by atoms with Crippen LogP contribution in [0.3, 0.4) is 0 Å². The molecule has 0 amide bonds. The standard InChI is InChI=1S/C4H6BF3N/c1-2-3-9-4-5(6,7)8/h1,9H,3-4H2/q-1. The third-order valence-electron chi connectivity index (χ3n) is 0.603. The molecule has 9 heavy (non-hydrogen) atoms. The van der Waals surface area contributed by atoms with Crippen LogP contribution in [0.15, 0.2) is 0 Å². The summed E-state index contributed by atoms with van der Waals surface area (Å²) < 4.78 is 33.9. The fourth-order valence-corrected chi connectivity index (χ4v) is 0.308. The Morgan fingerprint density at radius 1 is 1.44 bits per heavy atom. The first-order valence-corrected chi connectivity index (χ1v) is 2.41. The molecule has 0 unspecified atom stereocenters. The monoisotopic (exact) mass is 136 g/mol. The van der Waals surface area contributed by atoms with Crippen molar-refractivity contribution in [3.63, 3.8) is 0 Å². The summed E-state index contributed by atoms with van der Waals surface area (Å²) in [5, 5.41) is 2.04. The van der Waals surface area contributed by atoms with Crippen LogP contribution in [0.25, 0.3) is 0 Å².